The molecule has 12 heteroatoms. The third kappa shape index (κ3) is 5.37. The fourth-order valence-corrected chi connectivity index (χ4v) is 5.02. The smallest absolute Gasteiger partial charge is 0.289 e. The van der Waals surface area contributed by atoms with Crippen LogP contribution in [0.25, 0.3) is 10.9 Å². The van der Waals surface area contributed by atoms with Gasteiger partial charge in [0.15, 0.2) is 11.6 Å². The van der Waals surface area contributed by atoms with Gasteiger partial charge in [0.25, 0.3) is 11.8 Å². The summed E-state index contributed by atoms with van der Waals surface area (Å²) in [6.45, 7) is -0.618. The van der Waals surface area contributed by atoms with E-state index in [2.05, 4.69) is 10.3 Å². The van der Waals surface area contributed by atoms with Crippen molar-refractivity contribution in [3.63, 3.8) is 0 Å². The standard InChI is InChI=1S/C25H27F3N4O5/c1-31(25(37)18-8-15-16(26)9-17(27)21(28)22(15)30-18)11-20(34)32-10-13(12-33)7-19(32)23(35)24(36)29-14-5-3-2-4-6-14/h8-9,12-14,19,30H,2-7,10-11H2,1H3,(H,29,36). The Morgan fingerprint density at radius 1 is 1.11 bits per heavy atom. The van der Waals surface area contributed by atoms with Crippen molar-refractivity contribution >= 4 is 40.7 Å². The van der Waals surface area contributed by atoms with Gasteiger partial charge in [-0.25, -0.2) is 13.2 Å². The lowest BCUT2D eigenvalue weighted by atomic mass is 9.95. The number of halogens is 3. The molecule has 0 radical (unpaired) electrons. The van der Waals surface area contributed by atoms with Gasteiger partial charge in [-0.05, 0) is 25.3 Å². The highest BCUT2D eigenvalue weighted by Gasteiger charge is 2.42. The largest absolute Gasteiger partial charge is 0.348 e. The number of likely N-dealkylation sites (tertiary alicyclic amines) is 1. The number of hydrogen-bond acceptors (Lipinski definition) is 5. The molecule has 0 bridgehead atoms. The van der Waals surface area contributed by atoms with Gasteiger partial charge in [-0.2, -0.15) is 0 Å². The zero-order valence-corrected chi connectivity index (χ0v) is 20.2. The second-order valence-electron chi connectivity index (χ2n) is 9.65. The number of nitrogens with one attached hydrogen (secondary N) is 2. The topological polar surface area (TPSA) is 120 Å². The molecule has 2 N–H and O–H groups in total. The summed E-state index contributed by atoms with van der Waals surface area (Å²) < 4.78 is 41.6. The molecule has 198 valence electrons. The minimum Gasteiger partial charge on any atom is -0.348 e. The Balaban J connectivity index is 1.45. The summed E-state index contributed by atoms with van der Waals surface area (Å²) in [7, 11) is 1.26. The van der Waals surface area contributed by atoms with Gasteiger partial charge in [0.05, 0.1) is 12.1 Å². The van der Waals surface area contributed by atoms with Crippen molar-refractivity contribution in [3.05, 3.63) is 35.3 Å². The first-order valence-electron chi connectivity index (χ1n) is 12.1. The summed E-state index contributed by atoms with van der Waals surface area (Å²) in [5, 5.41) is 2.39. The Kier molecular flexibility index (Phi) is 7.65. The van der Waals surface area contributed by atoms with Crippen molar-refractivity contribution in [3.8, 4) is 0 Å². The molecule has 1 saturated carbocycles. The van der Waals surface area contributed by atoms with Crippen LogP contribution in [0, 0.1) is 23.4 Å². The molecule has 4 rings (SSSR count). The molecule has 9 nitrogen and oxygen atoms in total. The zero-order valence-electron chi connectivity index (χ0n) is 20.2. The predicted octanol–water partition coefficient (Wildman–Crippen LogP) is 2.09. The van der Waals surface area contributed by atoms with Crippen LogP contribution in [-0.2, 0) is 19.2 Å². The van der Waals surface area contributed by atoms with E-state index >= 15 is 0 Å². The van der Waals surface area contributed by atoms with Crippen LogP contribution in [0.15, 0.2) is 12.1 Å². The van der Waals surface area contributed by atoms with Crippen LogP contribution >= 0.6 is 0 Å². The monoisotopic (exact) mass is 520 g/mol. The number of ketones is 1. The number of nitrogens with zero attached hydrogens (tertiary/aromatic N) is 2. The minimum atomic E-state index is -1.42. The number of aldehydes is 1. The van der Waals surface area contributed by atoms with Crippen molar-refractivity contribution in [1.82, 2.24) is 20.1 Å². The quantitative estimate of drug-likeness (QED) is 0.329. The van der Waals surface area contributed by atoms with Gasteiger partial charge in [0.1, 0.15) is 23.8 Å². The fraction of sp³-hybridized carbons (Fsp3) is 0.480. The summed E-state index contributed by atoms with van der Waals surface area (Å²) >= 11 is 0. The van der Waals surface area contributed by atoms with Gasteiger partial charge in [-0.3, -0.25) is 19.2 Å². The highest BCUT2D eigenvalue weighted by molar-refractivity contribution is 6.38. The molecule has 2 fully saturated rings. The number of aromatic amines is 1. The lowest BCUT2D eigenvalue weighted by Crippen LogP contribution is -2.51. The van der Waals surface area contributed by atoms with Crippen LogP contribution in [0.3, 0.4) is 0 Å². The molecule has 1 aromatic carbocycles. The van der Waals surface area contributed by atoms with Gasteiger partial charge in [0.2, 0.25) is 11.7 Å². The maximum Gasteiger partial charge on any atom is 0.289 e. The second kappa shape index (κ2) is 10.7. The number of H-pyrrole nitrogens is 1. The summed E-state index contributed by atoms with van der Waals surface area (Å²) in [6.07, 6.45) is 5.12. The van der Waals surface area contributed by atoms with E-state index in [1.165, 1.54) is 7.05 Å². The lowest BCUT2D eigenvalue weighted by molar-refractivity contribution is -0.144. The maximum absolute atomic E-state index is 14.0. The van der Waals surface area contributed by atoms with Gasteiger partial charge < -0.3 is 24.9 Å². The van der Waals surface area contributed by atoms with Crippen LogP contribution in [0.5, 0.6) is 0 Å². The van der Waals surface area contributed by atoms with E-state index in [0.717, 1.165) is 48.0 Å². The Morgan fingerprint density at radius 3 is 2.49 bits per heavy atom. The molecule has 2 unspecified atom stereocenters. The van der Waals surface area contributed by atoms with Crippen molar-refractivity contribution in [2.45, 2.75) is 50.6 Å². The van der Waals surface area contributed by atoms with E-state index < -0.39 is 65.0 Å². The van der Waals surface area contributed by atoms with Crippen LogP contribution in [0.4, 0.5) is 13.2 Å². The normalized spacial score (nSPS) is 20.2. The number of fused-ring (bicyclic) bond motifs is 1. The second-order valence-corrected chi connectivity index (χ2v) is 9.65. The molecule has 3 amide bonds. The minimum absolute atomic E-state index is 0.00401. The van der Waals surface area contributed by atoms with Crippen LogP contribution in [0.2, 0.25) is 0 Å². The van der Waals surface area contributed by atoms with E-state index in [1.54, 1.807) is 0 Å². The lowest BCUT2D eigenvalue weighted by Gasteiger charge is -2.27. The summed E-state index contributed by atoms with van der Waals surface area (Å²) in [5.74, 6) is -7.59. The molecular formula is C25H27F3N4O5. The van der Waals surface area contributed by atoms with E-state index in [4.69, 9.17) is 0 Å². The molecule has 1 aliphatic carbocycles. The van der Waals surface area contributed by atoms with Crippen LogP contribution in [0.1, 0.15) is 49.0 Å². The van der Waals surface area contributed by atoms with Crippen molar-refractivity contribution in [2.24, 2.45) is 5.92 Å². The molecule has 2 atom stereocenters. The third-order valence-electron chi connectivity index (χ3n) is 7.02. The number of Topliss-reactive ketones (excluding diaryl/α,β-unsaturated/α-hetero) is 1. The Labute approximate surface area is 210 Å². The van der Waals surface area contributed by atoms with E-state index in [0.29, 0.717) is 12.4 Å². The molecule has 37 heavy (non-hydrogen) atoms. The summed E-state index contributed by atoms with van der Waals surface area (Å²) in [6, 6.07) is 0.122. The number of amides is 3. The first-order valence-corrected chi connectivity index (χ1v) is 12.1. The number of aromatic nitrogens is 1. The van der Waals surface area contributed by atoms with E-state index in [-0.39, 0.29) is 30.1 Å². The van der Waals surface area contributed by atoms with Crippen LogP contribution in [-0.4, -0.2) is 76.8 Å². The van der Waals surface area contributed by atoms with Crippen molar-refractivity contribution < 1.29 is 37.1 Å². The molecule has 2 heterocycles. The number of likely N-dealkylation sites (N-methyl/N-ethyl adjacent to an activating group) is 1. The number of hydrogen-bond donors (Lipinski definition) is 2. The van der Waals surface area contributed by atoms with Crippen molar-refractivity contribution in [2.75, 3.05) is 20.1 Å². The zero-order chi connectivity index (χ0) is 26.9. The maximum atomic E-state index is 14.0. The Bertz CT molecular complexity index is 1260. The molecule has 2 aliphatic rings. The van der Waals surface area contributed by atoms with Gasteiger partial charge in [-0.1, -0.05) is 19.3 Å². The number of carbonyl (C=O) groups is 5. The first kappa shape index (κ1) is 26.4. The van der Waals surface area contributed by atoms with Crippen LogP contribution < -0.4 is 5.32 Å². The Morgan fingerprint density at radius 2 is 1.81 bits per heavy atom. The van der Waals surface area contributed by atoms with Gasteiger partial charge in [-0.15, -0.1) is 0 Å². The molecular weight excluding hydrogens is 493 g/mol. The predicted molar refractivity (Wildman–Crippen MR) is 125 cm³/mol. The summed E-state index contributed by atoms with van der Waals surface area (Å²) in [4.78, 5) is 67.2. The average molecular weight is 521 g/mol. The van der Waals surface area contributed by atoms with Crippen molar-refractivity contribution in [1.29, 1.82) is 0 Å². The van der Waals surface area contributed by atoms with E-state index in [1.807, 2.05) is 0 Å². The summed E-state index contributed by atoms with van der Waals surface area (Å²) in [5.41, 5.74) is -0.802. The van der Waals surface area contributed by atoms with E-state index in [9.17, 15) is 37.1 Å². The number of carbonyl (C=O) groups excluding carboxylic acids is 5. The van der Waals surface area contributed by atoms with Gasteiger partial charge in [0, 0.05) is 37.0 Å². The Hall–Kier alpha value is -3.70. The average Bonchev–Trinajstić information content (AvgIpc) is 3.52. The fourth-order valence-electron chi connectivity index (χ4n) is 5.02. The third-order valence-corrected chi connectivity index (χ3v) is 7.02. The number of benzene rings is 1. The number of rotatable bonds is 7. The molecule has 1 aromatic heterocycles. The SMILES string of the molecule is CN(CC(=O)N1CC(C=O)CC1C(=O)C(=O)NC1CCCCC1)C(=O)c1cc2c(F)cc(F)c(F)c2[nH]1. The first-order chi connectivity index (χ1) is 17.6. The molecule has 0 spiro atoms. The highest BCUT2D eigenvalue weighted by atomic mass is 19.2. The highest BCUT2D eigenvalue weighted by Crippen LogP contribution is 2.26. The molecule has 2 aromatic rings. The molecule has 1 aliphatic heterocycles. The molecule has 1 saturated heterocycles. The van der Waals surface area contributed by atoms with Gasteiger partial charge >= 0.3 is 0 Å².